The van der Waals surface area contributed by atoms with E-state index >= 15 is 0 Å². The van der Waals surface area contributed by atoms with Crippen LogP contribution in [0.2, 0.25) is 0 Å². The predicted molar refractivity (Wildman–Crippen MR) is 90.2 cm³/mol. The average Bonchev–Trinajstić information content (AvgIpc) is 3.29. The number of aromatic nitrogens is 4. The number of hydrogen-bond donors (Lipinski definition) is 0. The summed E-state index contributed by atoms with van der Waals surface area (Å²) in [6.07, 6.45) is 3.71. The molecule has 1 aromatic carbocycles. The quantitative estimate of drug-likeness (QED) is 0.419. The van der Waals surface area contributed by atoms with Gasteiger partial charge >= 0.3 is 142 Å². The standard InChI is InChI=1S/C12H4N6S3Se/c1-5(19-3-13-1)7-9-10(16-21-15-9)8(6-2-14-4-20-6)12-11(7)17-22-18-12/h1-4H. The molecule has 0 amide bonds. The van der Waals surface area contributed by atoms with E-state index in [0.29, 0.717) is 0 Å². The molecule has 1 aliphatic heterocycles. The molecule has 5 rings (SSSR count). The van der Waals surface area contributed by atoms with Crippen LogP contribution in [0.3, 0.4) is 0 Å². The minimum atomic E-state index is -0.122. The second kappa shape index (κ2) is 4.97. The predicted octanol–water partition coefficient (Wildman–Crippen LogP) is 3.66. The van der Waals surface area contributed by atoms with Crippen molar-refractivity contribution in [1.29, 1.82) is 0 Å². The molecule has 4 aromatic rings. The fraction of sp³-hybridized carbons (Fsp3) is 0. The van der Waals surface area contributed by atoms with Gasteiger partial charge in [-0.3, -0.25) is 0 Å². The molecule has 0 aliphatic carbocycles. The molecule has 6 nitrogen and oxygen atoms in total. The van der Waals surface area contributed by atoms with Gasteiger partial charge in [-0.2, -0.15) is 0 Å². The topological polar surface area (TPSA) is 76.3 Å². The van der Waals surface area contributed by atoms with Gasteiger partial charge in [0, 0.05) is 0 Å². The van der Waals surface area contributed by atoms with Crippen molar-refractivity contribution in [2.45, 2.75) is 0 Å². The molecule has 3 aromatic heterocycles. The van der Waals surface area contributed by atoms with E-state index in [0.717, 1.165) is 43.3 Å². The summed E-state index contributed by atoms with van der Waals surface area (Å²) >= 11 is 4.27. The van der Waals surface area contributed by atoms with E-state index in [1.807, 2.05) is 23.4 Å². The monoisotopic (exact) mass is 408 g/mol. The minimum absolute atomic E-state index is 0.122. The number of rotatable bonds is 2. The molecule has 106 valence electrons. The van der Waals surface area contributed by atoms with E-state index in [1.165, 1.54) is 11.4 Å². The molecule has 0 fully saturated rings. The van der Waals surface area contributed by atoms with Crippen LogP contribution in [0, 0.1) is 0 Å². The summed E-state index contributed by atoms with van der Waals surface area (Å²) in [5.41, 5.74) is 9.28. The van der Waals surface area contributed by atoms with Gasteiger partial charge in [-0.25, -0.2) is 0 Å². The molecule has 0 radical (unpaired) electrons. The van der Waals surface area contributed by atoms with Crippen LogP contribution >= 0.6 is 22.7 Å². The molecule has 0 atom stereocenters. The Hall–Kier alpha value is -1.58. The number of fused-ring (bicyclic) bond motifs is 2. The molecule has 22 heavy (non-hydrogen) atoms. The van der Waals surface area contributed by atoms with E-state index in [1.54, 1.807) is 22.7 Å². The molecule has 0 spiro atoms. The van der Waals surface area contributed by atoms with Crippen LogP contribution < -0.4 is 0 Å². The Bertz CT molecular complexity index is 980. The van der Waals surface area contributed by atoms with Gasteiger partial charge in [0.05, 0.1) is 0 Å². The summed E-state index contributed by atoms with van der Waals surface area (Å²) in [7, 11) is 0. The van der Waals surface area contributed by atoms with Crippen molar-refractivity contribution in [3.63, 3.8) is 0 Å². The Labute approximate surface area is 142 Å². The van der Waals surface area contributed by atoms with Crippen molar-refractivity contribution >= 4 is 71.4 Å². The van der Waals surface area contributed by atoms with Crippen molar-refractivity contribution in [1.82, 2.24) is 17.9 Å². The van der Waals surface area contributed by atoms with Crippen LogP contribution in [0.1, 0.15) is 0 Å². The van der Waals surface area contributed by atoms with Gasteiger partial charge in [-0.15, -0.1) is 0 Å². The van der Waals surface area contributed by atoms with Crippen molar-refractivity contribution in [2.24, 2.45) is 8.73 Å². The third-order valence-corrected chi connectivity index (χ3v) is 6.50. The van der Waals surface area contributed by atoms with E-state index in [-0.39, 0.29) is 15.0 Å². The molecular formula is C12H4N6S3Se. The van der Waals surface area contributed by atoms with Gasteiger partial charge in [0.25, 0.3) is 0 Å². The second-order valence-corrected chi connectivity index (χ2v) is 7.81. The van der Waals surface area contributed by atoms with Gasteiger partial charge in [0.2, 0.25) is 0 Å². The fourth-order valence-corrected chi connectivity index (χ4v) is 5.47. The van der Waals surface area contributed by atoms with E-state index < -0.39 is 0 Å². The fourth-order valence-electron chi connectivity index (χ4n) is 2.40. The summed E-state index contributed by atoms with van der Waals surface area (Å²) in [6, 6.07) is 0. The van der Waals surface area contributed by atoms with Gasteiger partial charge in [0.1, 0.15) is 0 Å². The molecule has 0 saturated carbocycles. The number of hydrogen-bond acceptors (Lipinski definition) is 8. The molecule has 10 heteroatoms. The van der Waals surface area contributed by atoms with Crippen molar-refractivity contribution < 1.29 is 0 Å². The summed E-state index contributed by atoms with van der Waals surface area (Å²) in [5.74, 6) is 0. The SMILES string of the molecule is c1ncc(-c2c3c(c(-c4cncs4)c4n[se]nc24)N=S=N3)s1. The van der Waals surface area contributed by atoms with Crippen LogP contribution in [-0.4, -0.2) is 32.9 Å². The molecule has 0 bridgehead atoms. The van der Waals surface area contributed by atoms with Gasteiger partial charge in [-0.05, 0) is 0 Å². The zero-order valence-corrected chi connectivity index (χ0v) is 14.8. The van der Waals surface area contributed by atoms with E-state index in [4.69, 9.17) is 0 Å². The number of thiazole rings is 2. The van der Waals surface area contributed by atoms with Crippen molar-refractivity contribution in [3.05, 3.63) is 23.4 Å². The Morgan fingerprint density at radius 1 is 0.773 bits per heavy atom. The molecule has 1 aliphatic rings. The Balaban J connectivity index is 1.97. The Morgan fingerprint density at radius 3 is 1.77 bits per heavy atom. The first kappa shape index (κ1) is 12.9. The zero-order chi connectivity index (χ0) is 14.5. The molecule has 0 unspecified atom stereocenters. The molecule has 4 heterocycles. The van der Waals surface area contributed by atoms with Crippen LogP contribution in [0.5, 0.6) is 0 Å². The van der Waals surface area contributed by atoms with Crippen LogP contribution in [0.4, 0.5) is 11.4 Å². The summed E-state index contributed by atoms with van der Waals surface area (Å²) in [5, 5.41) is 0. The summed E-state index contributed by atoms with van der Waals surface area (Å²) < 4.78 is 18.3. The van der Waals surface area contributed by atoms with Gasteiger partial charge in [-0.1, -0.05) is 0 Å². The Kier molecular flexibility index (Phi) is 2.92. The van der Waals surface area contributed by atoms with Crippen LogP contribution in [0.15, 0.2) is 32.1 Å². The number of nitrogens with zero attached hydrogens (tertiary/aromatic N) is 6. The zero-order valence-electron chi connectivity index (χ0n) is 10.6. The van der Waals surface area contributed by atoms with Crippen molar-refractivity contribution in [3.8, 4) is 20.9 Å². The second-order valence-electron chi connectivity index (χ2n) is 4.40. The molecule has 0 N–H and O–H groups in total. The molecule has 0 saturated heterocycles. The van der Waals surface area contributed by atoms with Crippen LogP contribution in [-0.2, 0) is 11.4 Å². The van der Waals surface area contributed by atoms with Gasteiger partial charge in [0.15, 0.2) is 0 Å². The first-order valence-electron chi connectivity index (χ1n) is 6.11. The maximum atomic E-state index is 4.65. The first-order valence-corrected chi connectivity index (χ1v) is 10.1. The number of benzene rings is 1. The molecular weight excluding hydrogens is 403 g/mol. The third-order valence-electron chi connectivity index (χ3n) is 3.28. The maximum absolute atomic E-state index is 4.65. The van der Waals surface area contributed by atoms with E-state index in [9.17, 15) is 0 Å². The Morgan fingerprint density at radius 2 is 1.32 bits per heavy atom. The average molecular weight is 407 g/mol. The summed E-state index contributed by atoms with van der Waals surface area (Å²) in [4.78, 5) is 10.5. The van der Waals surface area contributed by atoms with Gasteiger partial charge < -0.3 is 0 Å². The van der Waals surface area contributed by atoms with Crippen molar-refractivity contribution in [2.75, 3.05) is 0 Å². The third kappa shape index (κ3) is 1.76. The summed E-state index contributed by atoms with van der Waals surface area (Å²) in [6.45, 7) is 0. The first-order chi connectivity index (χ1) is 10.9. The normalized spacial score (nSPS) is 12.7. The van der Waals surface area contributed by atoms with Crippen LogP contribution in [0.25, 0.3) is 31.9 Å². The van der Waals surface area contributed by atoms with E-state index in [2.05, 4.69) is 26.7 Å².